The summed E-state index contributed by atoms with van der Waals surface area (Å²) in [4.78, 5) is 0. The SMILES string of the molecule is CC1(C)CSCC(O)(c2ccc(F)cc2F)C1. The van der Waals surface area contributed by atoms with Gasteiger partial charge in [0.2, 0.25) is 0 Å². The highest BCUT2D eigenvalue weighted by molar-refractivity contribution is 7.99. The summed E-state index contributed by atoms with van der Waals surface area (Å²) in [6, 6.07) is 3.38. The minimum atomic E-state index is -1.19. The molecule has 1 fully saturated rings. The molecule has 0 aliphatic carbocycles. The fraction of sp³-hybridized carbons (Fsp3) is 0.538. The average molecular weight is 258 g/mol. The van der Waals surface area contributed by atoms with Gasteiger partial charge < -0.3 is 5.11 Å². The molecule has 4 heteroatoms. The van der Waals surface area contributed by atoms with Gasteiger partial charge in [0.25, 0.3) is 0 Å². The van der Waals surface area contributed by atoms with Gasteiger partial charge in [0.15, 0.2) is 0 Å². The van der Waals surface area contributed by atoms with E-state index in [1.165, 1.54) is 12.1 Å². The molecule has 1 aromatic carbocycles. The molecule has 17 heavy (non-hydrogen) atoms. The smallest absolute Gasteiger partial charge is 0.132 e. The Kier molecular flexibility index (Phi) is 3.21. The number of halogens is 2. The lowest BCUT2D eigenvalue weighted by Gasteiger charge is -2.41. The van der Waals surface area contributed by atoms with E-state index in [-0.39, 0.29) is 11.0 Å². The Bertz CT molecular complexity index is 433. The lowest BCUT2D eigenvalue weighted by atomic mass is 9.78. The van der Waals surface area contributed by atoms with Crippen LogP contribution in [0.25, 0.3) is 0 Å². The zero-order valence-corrected chi connectivity index (χ0v) is 10.8. The van der Waals surface area contributed by atoms with E-state index < -0.39 is 17.2 Å². The summed E-state index contributed by atoms with van der Waals surface area (Å²) in [5.74, 6) is 0.125. The maximum Gasteiger partial charge on any atom is 0.132 e. The second kappa shape index (κ2) is 4.25. The first-order chi connectivity index (χ1) is 7.82. The summed E-state index contributed by atoms with van der Waals surface area (Å²) in [5, 5.41) is 10.6. The van der Waals surface area contributed by atoms with Gasteiger partial charge >= 0.3 is 0 Å². The molecule has 1 nitrogen and oxygen atoms in total. The predicted octanol–water partition coefficient (Wildman–Crippen LogP) is 3.32. The number of hydrogen-bond donors (Lipinski definition) is 1. The standard InChI is InChI=1S/C13H16F2OS/c1-12(2)6-13(16,8-17-7-12)10-4-3-9(14)5-11(10)15/h3-5,16H,6-8H2,1-2H3. The van der Waals surface area contributed by atoms with E-state index in [4.69, 9.17) is 0 Å². The second-order valence-electron chi connectivity index (χ2n) is 5.49. The maximum atomic E-state index is 13.7. The van der Waals surface area contributed by atoms with Gasteiger partial charge in [-0.25, -0.2) is 8.78 Å². The van der Waals surface area contributed by atoms with Gasteiger partial charge in [0.05, 0.1) is 0 Å². The lowest BCUT2D eigenvalue weighted by molar-refractivity contribution is 0.0125. The summed E-state index contributed by atoms with van der Waals surface area (Å²) in [5.41, 5.74) is -1.03. The molecule has 1 aliphatic heterocycles. The van der Waals surface area contributed by atoms with Crippen LogP contribution in [0.1, 0.15) is 25.8 Å². The molecular weight excluding hydrogens is 242 g/mol. The molecule has 1 N–H and O–H groups in total. The first kappa shape index (κ1) is 12.8. The minimum Gasteiger partial charge on any atom is -0.384 e. The van der Waals surface area contributed by atoms with Crippen molar-refractivity contribution in [1.82, 2.24) is 0 Å². The molecule has 1 saturated heterocycles. The van der Waals surface area contributed by atoms with Gasteiger partial charge in [-0.3, -0.25) is 0 Å². The molecule has 94 valence electrons. The molecule has 1 unspecified atom stereocenters. The number of benzene rings is 1. The highest BCUT2D eigenvalue weighted by atomic mass is 32.2. The normalized spacial score (nSPS) is 28.1. The molecule has 1 aliphatic rings. The fourth-order valence-corrected chi connectivity index (χ4v) is 3.78. The van der Waals surface area contributed by atoms with E-state index >= 15 is 0 Å². The zero-order chi connectivity index (χ0) is 12.7. The second-order valence-corrected chi connectivity index (χ2v) is 6.48. The van der Waals surface area contributed by atoms with Crippen LogP contribution in [0.2, 0.25) is 0 Å². The van der Waals surface area contributed by atoms with E-state index in [2.05, 4.69) is 0 Å². The molecule has 0 radical (unpaired) electrons. The van der Waals surface area contributed by atoms with Crippen molar-refractivity contribution in [3.63, 3.8) is 0 Å². The predicted molar refractivity (Wildman–Crippen MR) is 66.0 cm³/mol. The third kappa shape index (κ3) is 2.63. The fourth-order valence-electron chi connectivity index (χ4n) is 2.43. The van der Waals surface area contributed by atoms with Crippen LogP contribution in [-0.2, 0) is 5.60 Å². The van der Waals surface area contributed by atoms with E-state index in [9.17, 15) is 13.9 Å². The van der Waals surface area contributed by atoms with Crippen LogP contribution in [0, 0.1) is 17.0 Å². The van der Waals surface area contributed by atoms with Crippen LogP contribution in [0.4, 0.5) is 8.78 Å². The summed E-state index contributed by atoms with van der Waals surface area (Å²) in [6.07, 6.45) is 0.496. The van der Waals surface area contributed by atoms with Gasteiger partial charge in [-0.15, -0.1) is 0 Å². The van der Waals surface area contributed by atoms with Crippen LogP contribution in [0.5, 0.6) is 0 Å². The molecule has 0 aromatic heterocycles. The first-order valence-corrected chi connectivity index (χ1v) is 6.74. The maximum absolute atomic E-state index is 13.7. The van der Waals surface area contributed by atoms with E-state index in [1.54, 1.807) is 11.8 Å². The monoisotopic (exact) mass is 258 g/mol. The molecule has 1 atom stereocenters. The van der Waals surface area contributed by atoms with E-state index in [0.717, 1.165) is 11.8 Å². The number of hydrogen-bond acceptors (Lipinski definition) is 2. The third-order valence-corrected chi connectivity index (χ3v) is 4.70. The van der Waals surface area contributed by atoms with Crippen molar-refractivity contribution in [2.75, 3.05) is 11.5 Å². The van der Waals surface area contributed by atoms with E-state index in [0.29, 0.717) is 12.2 Å². The van der Waals surface area contributed by atoms with Crippen molar-refractivity contribution in [1.29, 1.82) is 0 Å². The third-order valence-electron chi connectivity index (χ3n) is 3.04. The van der Waals surface area contributed by atoms with Gasteiger partial charge in [-0.1, -0.05) is 19.9 Å². The molecule has 0 bridgehead atoms. The first-order valence-electron chi connectivity index (χ1n) is 5.58. The number of rotatable bonds is 1. The molecule has 1 heterocycles. The Labute approximate surface area is 104 Å². The molecule has 0 spiro atoms. The quantitative estimate of drug-likeness (QED) is 0.834. The van der Waals surface area contributed by atoms with Crippen LogP contribution in [-0.4, -0.2) is 16.6 Å². The zero-order valence-electron chi connectivity index (χ0n) is 9.96. The Morgan fingerprint density at radius 2 is 1.94 bits per heavy atom. The molecule has 2 rings (SSSR count). The number of thioether (sulfide) groups is 1. The minimum absolute atomic E-state index is 0.0432. The van der Waals surface area contributed by atoms with Gasteiger partial charge in [-0.2, -0.15) is 11.8 Å². The molecular formula is C13H16F2OS. The lowest BCUT2D eigenvalue weighted by Crippen LogP contribution is -2.40. The Hall–Kier alpha value is -0.610. The topological polar surface area (TPSA) is 20.2 Å². The highest BCUT2D eigenvalue weighted by Gasteiger charge is 2.41. The summed E-state index contributed by atoms with van der Waals surface area (Å²) >= 11 is 1.61. The molecule has 0 saturated carbocycles. The van der Waals surface area contributed by atoms with Crippen molar-refractivity contribution >= 4 is 11.8 Å². The average Bonchev–Trinajstić information content (AvgIpc) is 2.14. The van der Waals surface area contributed by atoms with Crippen molar-refractivity contribution in [3.8, 4) is 0 Å². The Morgan fingerprint density at radius 1 is 1.24 bits per heavy atom. The van der Waals surface area contributed by atoms with Gasteiger partial charge in [0, 0.05) is 17.4 Å². The Morgan fingerprint density at radius 3 is 2.53 bits per heavy atom. The van der Waals surface area contributed by atoms with E-state index in [1.807, 2.05) is 13.8 Å². The summed E-state index contributed by atoms with van der Waals surface area (Å²) in [7, 11) is 0. The molecule has 1 aromatic rings. The Balaban J connectivity index is 2.37. The number of aliphatic hydroxyl groups is 1. The highest BCUT2D eigenvalue weighted by Crippen LogP contribution is 2.44. The van der Waals surface area contributed by atoms with Crippen molar-refractivity contribution < 1.29 is 13.9 Å². The van der Waals surface area contributed by atoms with Crippen LogP contribution >= 0.6 is 11.8 Å². The summed E-state index contributed by atoms with van der Waals surface area (Å²) in [6.45, 7) is 4.09. The molecule has 0 amide bonds. The summed E-state index contributed by atoms with van der Waals surface area (Å²) < 4.78 is 26.6. The van der Waals surface area contributed by atoms with Crippen LogP contribution < -0.4 is 0 Å². The van der Waals surface area contributed by atoms with Crippen LogP contribution in [0.15, 0.2) is 18.2 Å². The van der Waals surface area contributed by atoms with Crippen LogP contribution in [0.3, 0.4) is 0 Å². The van der Waals surface area contributed by atoms with Crippen molar-refractivity contribution in [2.45, 2.75) is 25.9 Å². The van der Waals surface area contributed by atoms with Crippen molar-refractivity contribution in [3.05, 3.63) is 35.4 Å². The van der Waals surface area contributed by atoms with Crippen molar-refractivity contribution in [2.24, 2.45) is 5.41 Å². The van der Waals surface area contributed by atoms with Gasteiger partial charge in [-0.05, 0) is 23.7 Å². The van der Waals surface area contributed by atoms with Gasteiger partial charge in [0.1, 0.15) is 17.2 Å². The largest absolute Gasteiger partial charge is 0.384 e.